The molecule has 0 spiro atoms. The summed E-state index contributed by atoms with van der Waals surface area (Å²) in [6, 6.07) is 5.30. The lowest BCUT2D eigenvalue weighted by Gasteiger charge is -2.03. The van der Waals surface area contributed by atoms with Gasteiger partial charge in [0.1, 0.15) is 5.69 Å². The first-order valence-corrected chi connectivity index (χ1v) is 7.51. The van der Waals surface area contributed by atoms with Crippen LogP contribution in [0.2, 0.25) is 0 Å². The van der Waals surface area contributed by atoms with Gasteiger partial charge in [-0.3, -0.25) is 15.1 Å². The molecule has 3 rings (SSSR count). The number of aromatic nitrogens is 4. The highest BCUT2D eigenvalue weighted by Gasteiger charge is 2.15. The van der Waals surface area contributed by atoms with Crippen LogP contribution in [0.5, 0.6) is 0 Å². The van der Waals surface area contributed by atoms with Crippen LogP contribution in [-0.2, 0) is 7.05 Å². The molecule has 23 heavy (non-hydrogen) atoms. The van der Waals surface area contributed by atoms with E-state index in [0.29, 0.717) is 16.6 Å². The maximum Gasteiger partial charge on any atom is 0.296 e. The number of hydrogen-bond donors (Lipinski definition) is 1. The normalized spacial score (nSPS) is 10.3. The van der Waals surface area contributed by atoms with Gasteiger partial charge in [0.2, 0.25) is 0 Å². The first-order valence-electron chi connectivity index (χ1n) is 6.69. The molecule has 1 amide bonds. The Morgan fingerprint density at radius 2 is 2.26 bits per heavy atom. The minimum atomic E-state index is -0.296. The van der Waals surface area contributed by atoms with Gasteiger partial charge in [0.15, 0.2) is 5.13 Å². The van der Waals surface area contributed by atoms with Crippen LogP contribution < -0.4 is 5.32 Å². The molecule has 0 bridgehead atoms. The molecule has 0 radical (unpaired) electrons. The molecule has 0 aliphatic rings. The number of amides is 1. The van der Waals surface area contributed by atoms with Crippen LogP contribution in [0, 0.1) is 13.5 Å². The molecule has 3 aromatic heterocycles. The van der Waals surface area contributed by atoms with Crippen molar-refractivity contribution < 1.29 is 4.79 Å². The number of pyridine rings is 1. The molecule has 7 nitrogen and oxygen atoms in total. The summed E-state index contributed by atoms with van der Waals surface area (Å²) < 4.78 is 1.62. The van der Waals surface area contributed by atoms with Gasteiger partial charge >= 0.3 is 0 Å². The van der Waals surface area contributed by atoms with Gasteiger partial charge in [0.05, 0.1) is 17.6 Å². The Balaban J connectivity index is 1.83. The van der Waals surface area contributed by atoms with Crippen LogP contribution in [0.15, 0.2) is 30.6 Å². The van der Waals surface area contributed by atoms with Crippen LogP contribution in [0.4, 0.5) is 10.9 Å². The van der Waals surface area contributed by atoms with Crippen molar-refractivity contribution in [1.82, 2.24) is 19.7 Å². The van der Waals surface area contributed by atoms with Gasteiger partial charge in [-0.25, -0.2) is 4.98 Å². The van der Waals surface area contributed by atoms with Gasteiger partial charge in [-0.15, -0.1) is 0 Å². The average Bonchev–Trinajstić information content (AvgIpc) is 3.13. The maximum atomic E-state index is 12.2. The lowest BCUT2D eigenvalue weighted by atomic mass is 10.2. The number of carbonyl (C=O) groups is 1. The van der Waals surface area contributed by atoms with Crippen molar-refractivity contribution in [2.45, 2.75) is 6.92 Å². The molecular weight excluding hydrogens is 312 g/mol. The van der Waals surface area contributed by atoms with Gasteiger partial charge in [-0.2, -0.15) is 4.68 Å². The predicted molar refractivity (Wildman–Crippen MR) is 87.5 cm³/mol. The van der Waals surface area contributed by atoms with E-state index < -0.39 is 0 Å². The molecule has 0 fully saturated rings. The van der Waals surface area contributed by atoms with Gasteiger partial charge in [-0.1, -0.05) is 24.0 Å². The van der Waals surface area contributed by atoms with Gasteiger partial charge in [-0.05, 0) is 29.7 Å². The molecular formula is C15H12N6OS. The minimum absolute atomic E-state index is 0.296. The van der Waals surface area contributed by atoms with E-state index in [2.05, 4.69) is 25.2 Å². The van der Waals surface area contributed by atoms with Crippen molar-refractivity contribution in [2.24, 2.45) is 7.05 Å². The van der Waals surface area contributed by atoms with Crippen molar-refractivity contribution in [3.63, 3.8) is 0 Å². The standard InChI is InChI=1S/C15H12N6OS/c1-9-5-4-6-17-13(9)14(22)19-15-18-8-11(23-15)10-7-12(16-2)20-21(10)3/h4-8H,1,3H3,(H,18,19,22). The van der Waals surface area contributed by atoms with E-state index >= 15 is 0 Å². The predicted octanol–water partition coefficient (Wildman–Crippen LogP) is 3.05. The fourth-order valence-corrected chi connectivity index (χ4v) is 2.93. The molecule has 0 unspecified atom stereocenters. The summed E-state index contributed by atoms with van der Waals surface area (Å²) in [7, 11) is 1.76. The zero-order chi connectivity index (χ0) is 16.4. The third-order valence-electron chi connectivity index (χ3n) is 3.18. The van der Waals surface area contributed by atoms with E-state index in [4.69, 9.17) is 6.57 Å². The van der Waals surface area contributed by atoms with Gasteiger partial charge in [0, 0.05) is 12.4 Å². The van der Waals surface area contributed by atoms with Crippen LogP contribution in [0.3, 0.4) is 0 Å². The number of carbonyl (C=O) groups excluding carboxylic acids is 1. The van der Waals surface area contributed by atoms with E-state index in [-0.39, 0.29) is 5.91 Å². The molecule has 114 valence electrons. The van der Waals surface area contributed by atoms with Crippen molar-refractivity contribution in [3.05, 3.63) is 53.3 Å². The third-order valence-corrected chi connectivity index (χ3v) is 4.12. The average molecular weight is 324 g/mol. The zero-order valence-corrected chi connectivity index (χ0v) is 13.3. The van der Waals surface area contributed by atoms with Crippen molar-refractivity contribution in [2.75, 3.05) is 5.32 Å². The van der Waals surface area contributed by atoms with Crippen molar-refractivity contribution in [1.29, 1.82) is 0 Å². The fraction of sp³-hybridized carbons (Fsp3) is 0.133. The van der Waals surface area contributed by atoms with Crippen molar-refractivity contribution in [3.8, 4) is 10.6 Å². The molecule has 3 aromatic rings. The zero-order valence-electron chi connectivity index (χ0n) is 12.4. The number of hydrogen-bond acceptors (Lipinski definition) is 5. The number of nitrogens with one attached hydrogen (secondary N) is 1. The second-order valence-electron chi connectivity index (χ2n) is 4.78. The molecule has 3 heterocycles. The Hall–Kier alpha value is -3.05. The first kappa shape index (κ1) is 14.9. The van der Waals surface area contributed by atoms with Gasteiger partial charge < -0.3 is 4.85 Å². The lowest BCUT2D eigenvalue weighted by Crippen LogP contribution is -2.14. The molecule has 0 saturated heterocycles. The van der Waals surface area contributed by atoms with Crippen LogP contribution >= 0.6 is 11.3 Å². The topological polar surface area (TPSA) is 77.1 Å². The Morgan fingerprint density at radius 1 is 1.43 bits per heavy atom. The third kappa shape index (κ3) is 2.95. The van der Waals surface area contributed by atoms with E-state index in [1.54, 1.807) is 36.3 Å². The maximum absolute atomic E-state index is 12.2. The highest BCUT2D eigenvalue weighted by Crippen LogP contribution is 2.31. The Bertz CT molecular complexity index is 920. The molecule has 0 atom stereocenters. The van der Waals surface area contributed by atoms with E-state index in [9.17, 15) is 4.79 Å². The highest BCUT2D eigenvalue weighted by molar-refractivity contribution is 7.19. The Kier molecular flexibility index (Phi) is 3.87. The largest absolute Gasteiger partial charge is 0.359 e. The Labute approximate surface area is 136 Å². The van der Waals surface area contributed by atoms with Gasteiger partial charge in [0.25, 0.3) is 11.7 Å². The highest BCUT2D eigenvalue weighted by atomic mass is 32.1. The number of aryl methyl sites for hydroxylation is 2. The molecule has 8 heteroatoms. The second kappa shape index (κ2) is 5.98. The van der Waals surface area contributed by atoms with Crippen molar-refractivity contribution >= 4 is 28.2 Å². The van der Waals surface area contributed by atoms with E-state index in [1.165, 1.54) is 11.3 Å². The van der Waals surface area contributed by atoms with Crippen LogP contribution in [-0.4, -0.2) is 25.7 Å². The van der Waals surface area contributed by atoms with E-state index in [1.807, 2.05) is 13.0 Å². The molecule has 0 aromatic carbocycles. The number of nitrogens with zero attached hydrogens (tertiary/aromatic N) is 5. The number of thiazole rings is 1. The number of rotatable bonds is 3. The minimum Gasteiger partial charge on any atom is -0.359 e. The lowest BCUT2D eigenvalue weighted by molar-refractivity contribution is 0.102. The summed E-state index contributed by atoms with van der Waals surface area (Å²) in [5.41, 5.74) is 1.96. The quantitative estimate of drug-likeness (QED) is 0.751. The summed E-state index contributed by atoms with van der Waals surface area (Å²) in [5, 5.41) is 7.30. The SMILES string of the molecule is [C-]#[N+]c1cc(-c2cnc(NC(=O)c3ncccc3C)s2)n(C)n1. The molecule has 1 N–H and O–H groups in total. The molecule has 0 aliphatic heterocycles. The fourth-order valence-electron chi connectivity index (χ4n) is 2.07. The van der Waals surface area contributed by atoms with E-state index in [0.717, 1.165) is 16.1 Å². The molecule has 0 aliphatic carbocycles. The smallest absolute Gasteiger partial charge is 0.296 e. The summed E-state index contributed by atoms with van der Waals surface area (Å²) in [4.78, 5) is 24.7. The van der Waals surface area contributed by atoms with Crippen LogP contribution in [0.1, 0.15) is 16.1 Å². The Morgan fingerprint density at radius 3 is 2.96 bits per heavy atom. The monoisotopic (exact) mass is 324 g/mol. The summed E-state index contributed by atoms with van der Waals surface area (Å²) >= 11 is 1.32. The first-order chi connectivity index (χ1) is 11.1. The summed E-state index contributed by atoms with van der Waals surface area (Å²) in [6.45, 7) is 8.83. The summed E-state index contributed by atoms with van der Waals surface area (Å²) in [5.74, 6) is 0.0291. The second-order valence-corrected chi connectivity index (χ2v) is 5.81. The molecule has 0 saturated carbocycles. The number of anilines is 1. The van der Waals surface area contributed by atoms with Crippen LogP contribution in [0.25, 0.3) is 15.4 Å². The summed E-state index contributed by atoms with van der Waals surface area (Å²) in [6.07, 6.45) is 3.23.